The number of hydrogen-bond acceptors (Lipinski definition) is 4. The molecule has 2 N–H and O–H groups in total. The summed E-state index contributed by atoms with van der Waals surface area (Å²) in [7, 11) is 0. The molecule has 2 saturated heterocycles. The molecule has 2 heterocycles. The van der Waals surface area contributed by atoms with E-state index in [2.05, 4.69) is 130 Å². The average molecular weight is 609 g/mol. The monoisotopic (exact) mass is 608 g/mol. The molecule has 0 bridgehead atoms. The minimum absolute atomic E-state index is 0.0426. The number of hydrogen-bond donors (Lipinski definition) is 2. The first kappa shape index (κ1) is 35.4. The largest absolute Gasteiger partial charge is 0.393 e. The lowest BCUT2D eigenvalue weighted by Crippen LogP contribution is -2.46. The zero-order valence-corrected chi connectivity index (χ0v) is 29.6. The van der Waals surface area contributed by atoms with Crippen molar-refractivity contribution in [2.24, 2.45) is 34.5 Å². The van der Waals surface area contributed by atoms with E-state index in [0.29, 0.717) is 23.7 Å². The van der Waals surface area contributed by atoms with Crippen LogP contribution in [0.15, 0.2) is 60.8 Å². The summed E-state index contributed by atoms with van der Waals surface area (Å²) in [6, 6.07) is 0. The van der Waals surface area contributed by atoms with Crippen LogP contribution in [0.1, 0.15) is 121 Å². The third-order valence-corrected chi connectivity index (χ3v) is 11.6. The maximum atomic E-state index is 10.3. The number of aliphatic hydroxyl groups is 2. The van der Waals surface area contributed by atoms with Gasteiger partial charge in [-0.3, -0.25) is 0 Å². The molecular weight excluding hydrogens is 544 g/mol. The van der Waals surface area contributed by atoms with Gasteiger partial charge in [-0.15, -0.1) is 0 Å². The molecule has 2 aliphatic heterocycles. The van der Waals surface area contributed by atoms with Gasteiger partial charge in [0, 0.05) is 23.7 Å². The molecule has 4 rings (SSSR count). The van der Waals surface area contributed by atoms with Crippen LogP contribution in [0.3, 0.4) is 0 Å². The van der Waals surface area contributed by atoms with Crippen molar-refractivity contribution in [2.45, 2.75) is 155 Å². The molecule has 4 fully saturated rings. The second-order valence-electron chi connectivity index (χ2n) is 16.9. The van der Waals surface area contributed by atoms with E-state index in [1.165, 1.54) is 19.3 Å². The number of epoxide rings is 2. The van der Waals surface area contributed by atoms with Crippen LogP contribution in [0.2, 0.25) is 0 Å². The summed E-state index contributed by atoms with van der Waals surface area (Å²) in [4.78, 5) is 0. The van der Waals surface area contributed by atoms with Crippen molar-refractivity contribution in [3.05, 3.63) is 60.8 Å². The lowest BCUT2D eigenvalue weighted by molar-refractivity contribution is 0.0509. The molecule has 2 saturated carbocycles. The highest BCUT2D eigenvalue weighted by Gasteiger charge is 2.75. The highest BCUT2D eigenvalue weighted by molar-refractivity contribution is 5.33. The minimum atomic E-state index is -0.271. The summed E-state index contributed by atoms with van der Waals surface area (Å²) in [6.07, 6.45) is 30.1. The van der Waals surface area contributed by atoms with Crippen molar-refractivity contribution < 1.29 is 19.7 Å². The smallest absolute Gasteiger partial charge is 0.121 e. The highest BCUT2D eigenvalue weighted by Crippen LogP contribution is 2.67. The summed E-state index contributed by atoms with van der Waals surface area (Å²) < 4.78 is 12.6. The Labute approximate surface area is 269 Å². The van der Waals surface area contributed by atoms with Gasteiger partial charge in [-0.05, 0) is 69.6 Å². The summed E-state index contributed by atoms with van der Waals surface area (Å²) >= 11 is 0. The first-order valence-electron chi connectivity index (χ1n) is 17.6. The van der Waals surface area contributed by atoms with Gasteiger partial charge >= 0.3 is 0 Å². The Balaban J connectivity index is 1.12. The summed E-state index contributed by atoms with van der Waals surface area (Å²) in [5, 5.41) is 20.6. The normalized spacial score (nSPS) is 40.5. The molecule has 248 valence electrons. The van der Waals surface area contributed by atoms with Crippen LogP contribution < -0.4 is 0 Å². The van der Waals surface area contributed by atoms with Gasteiger partial charge in [0.05, 0.1) is 12.2 Å². The van der Waals surface area contributed by atoms with E-state index in [0.717, 1.165) is 32.1 Å². The third-order valence-electron chi connectivity index (χ3n) is 11.6. The predicted octanol–water partition coefficient (Wildman–Crippen LogP) is 9.29. The maximum Gasteiger partial charge on any atom is 0.121 e. The summed E-state index contributed by atoms with van der Waals surface area (Å²) in [5.74, 6) is 1.95. The first-order chi connectivity index (χ1) is 20.4. The van der Waals surface area contributed by atoms with Gasteiger partial charge < -0.3 is 19.7 Å². The van der Waals surface area contributed by atoms with E-state index in [4.69, 9.17) is 9.47 Å². The van der Waals surface area contributed by atoms with Gasteiger partial charge in [-0.1, -0.05) is 123 Å². The number of rotatable bonds is 14. The second kappa shape index (κ2) is 13.0. The molecule has 4 nitrogen and oxygen atoms in total. The SMILES string of the molecule is CC(/C=C/CC(C)/C=C/C=C/C(C)CCCC(C)/C=C/[C@@]12O[C@]1(C)C[C@@H](O)CC2(C)C)/C=C/[C@@]12O[C@]1(C)C[C@@H](O)CC2(C)C. The Morgan fingerprint density at radius 2 is 1.07 bits per heavy atom. The Kier molecular flexibility index (Phi) is 10.4. The fourth-order valence-electron chi connectivity index (χ4n) is 8.85. The van der Waals surface area contributed by atoms with Crippen LogP contribution in [-0.2, 0) is 9.47 Å². The van der Waals surface area contributed by atoms with E-state index < -0.39 is 0 Å². The van der Waals surface area contributed by atoms with Crippen LogP contribution in [0.5, 0.6) is 0 Å². The van der Waals surface area contributed by atoms with Crippen molar-refractivity contribution in [3.8, 4) is 0 Å². The van der Waals surface area contributed by atoms with Gasteiger partial charge in [0.1, 0.15) is 22.4 Å². The van der Waals surface area contributed by atoms with Gasteiger partial charge in [0.25, 0.3) is 0 Å². The van der Waals surface area contributed by atoms with E-state index in [-0.39, 0.29) is 45.4 Å². The quantitative estimate of drug-likeness (QED) is 0.117. The van der Waals surface area contributed by atoms with E-state index in [1.807, 2.05) is 0 Å². The molecule has 44 heavy (non-hydrogen) atoms. The van der Waals surface area contributed by atoms with Crippen molar-refractivity contribution >= 4 is 0 Å². The number of fused-ring (bicyclic) bond motifs is 2. The van der Waals surface area contributed by atoms with Gasteiger partial charge in [0.2, 0.25) is 0 Å². The highest BCUT2D eigenvalue weighted by atomic mass is 16.6. The lowest BCUT2D eigenvalue weighted by atomic mass is 9.63. The minimum Gasteiger partial charge on any atom is -0.393 e. The molecule has 10 atom stereocenters. The third kappa shape index (κ3) is 7.24. The van der Waals surface area contributed by atoms with Crippen LogP contribution >= 0.6 is 0 Å². The van der Waals surface area contributed by atoms with Crippen LogP contribution in [0.25, 0.3) is 0 Å². The fourth-order valence-corrected chi connectivity index (χ4v) is 8.85. The number of aliphatic hydroxyl groups excluding tert-OH is 2. The fraction of sp³-hybridized carbons (Fsp3) is 0.750. The number of allylic oxidation sites excluding steroid dienone is 8. The first-order valence-corrected chi connectivity index (χ1v) is 17.6. The van der Waals surface area contributed by atoms with Gasteiger partial charge in [-0.25, -0.2) is 0 Å². The van der Waals surface area contributed by atoms with Crippen molar-refractivity contribution in [1.29, 1.82) is 0 Å². The van der Waals surface area contributed by atoms with Crippen LogP contribution in [0, 0.1) is 34.5 Å². The maximum absolute atomic E-state index is 10.3. The molecule has 2 aliphatic carbocycles. The Morgan fingerprint density at radius 1 is 0.614 bits per heavy atom. The Hall–Kier alpha value is -1.46. The van der Waals surface area contributed by atoms with E-state index in [1.54, 1.807) is 0 Å². The summed E-state index contributed by atoms with van der Waals surface area (Å²) in [6.45, 7) is 22.4. The predicted molar refractivity (Wildman–Crippen MR) is 183 cm³/mol. The van der Waals surface area contributed by atoms with Crippen molar-refractivity contribution in [2.75, 3.05) is 0 Å². The topological polar surface area (TPSA) is 65.5 Å². The van der Waals surface area contributed by atoms with Gasteiger partial charge in [-0.2, -0.15) is 0 Å². The average Bonchev–Trinajstić information content (AvgIpc) is 3.73. The standard InChI is InChI=1S/C40H64O4/c1-29(17-13-19-31(3)21-23-39-35(5,6)25-33(41)27-37(39,9)43-39)15-11-12-16-30(2)18-14-20-32(4)22-24-40-36(7,8)26-34(42)28-38(40,10)44-40/h11-13,15-16,19,21-24,29-34,41-42H,14,17-18,20,25-28H2,1-10H3/b15-11+,16-12+,19-13+,23-21+,24-22+/t29?,30?,31?,32?,33-,34-,37+,38+,39-,40-/m0/s1. The zero-order valence-electron chi connectivity index (χ0n) is 29.6. The van der Waals surface area contributed by atoms with E-state index in [9.17, 15) is 10.2 Å². The molecule has 4 aliphatic rings. The van der Waals surface area contributed by atoms with Crippen LogP contribution in [0.4, 0.5) is 0 Å². The second-order valence-corrected chi connectivity index (χ2v) is 16.9. The molecule has 0 aromatic carbocycles. The van der Waals surface area contributed by atoms with Crippen molar-refractivity contribution in [1.82, 2.24) is 0 Å². The molecule has 0 spiro atoms. The molecule has 0 aromatic rings. The zero-order chi connectivity index (χ0) is 32.6. The van der Waals surface area contributed by atoms with Crippen LogP contribution in [-0.4, -0.2) is 44.8 Å². The molecule has 4 unspecified atom stereocenters. The van der Waals surface area contributed by atoms with Gasteiger partial charge in [0.15, 0.2) is 0 Å². The summed E-state index contributed by atoms with van der Waals surface area (Å²) in [5.41, 5.74) is -1.02. The molecule has 0 aromatic heterocycles. The Morgan fingerprint density at radius 3 is 1.57 bits per heavy atom. The molecule has 0 radical (unpaired) electrons. The molecular formula is C40H64O4. The van der Waals surface area contributed by atoms with Crippen molar-refractivity contribution in [3.63, 3.8) is 0 Å². The van der Waals surface area contributed by atoms with E-state index >= 15 is 0 Å². The number of ether oxygens (including phenoxy) is 2. The molecule has 4 heteroatoms. The molecule has 0 amide bonds. The lowest BCUT2D eigenvalue weighted by Gasteiger charge is -2.39. The Bertz CT molecular complexity index is 1140.